The third kappa shape index (κ3) is 4.85. The Morgan fingerprint density at radius 2 is 1.72 bits per heavy atom. The average molecular weight is 410 g/mol. The minimum atomic E-state index is -0.0487. The van der Waals surface area contributed by atoms with Crippen LogP contribution in [0.1, 0.15) is 50.7 Å². The summed E-state index contributed by atoms with van der Waals surface area (Å²) in [5.74, 6) is 1.55. The smallest absolute Gasteiger partial charge is 0.234 e. The van der Waals surface area contributed by atoms with E-state index in [0.29, 0.717) is 22.8 Å². The van der Waals surface area contributed by atoms with Crippen LogP contribution in [0, 0.1) is 0 Å². The standard InChI is InChI=1S/C22H27N5OS/c1-14(2)16-9-8-10-17(15(3)4)20(16)24-19(28)13-29-22-26-25-21(27(22)5)18-11-6-7-12-23-18/h6-12,14-15H,13H2,1-5H3,(H,24,28). The van der Waals surface area contributed by atoms with Crippen molar-refractivity contribution in [2.45, 2.75) is 44.7 Å². The lowest BCUT2D eigenvalue weighted by molar-refractivity contribution is -0.113. The van der Waals surface area contributed by atoms with Crippen molar-refractivity contribution in [2.75, 3.05) is 11.1 Å². The minimum Gasteiger partial charge on any atom is -0.325 e. The second kappa shape index (κ2) is 9.22. The number of rotatable bonds is 7. The lowest BCUT2D eigenvalue weighted by Crippen LogP contribution is -2.18. The second-order valence-electron chi connectivity index (χ2n) is 7.54. The van der Waals surface area contributed by atoms with Gasteiger partial charge in [-0.05, 0) is 35.1 Å². The Morgan fingerprint density at radius 1 is 1.03 bits per heavy atom. The molecule has 2 heterocycles. The highest BCUT2D eigenvalue weighted by Gasteiger charge is 2.17. The van der Waals surface area contributed by atoms with Crippen LogP contribution in [-0.2, 0) is 11.8 Å². The van der Waals surface area contributed by atoms with E-state index in [9.17, 15) is 4.79 Å². The van der Waals surface area contributed by atoms with Crippen molar-refractivity contribution in [2.24, 2.45) is 7.05 Å². The van der Waals surface area contributed by atoms with Crippen molar-refractivity contribution >= 4 is 23.4 Å². The van der Waals surface area contributed by atoms with Gasteiger partial charge in [-0.2, -0.15) is 0 Å². The Bertz CT molecular complexity index is 956. The zero-order chi connectivity index (χ0) is 21.0. The molecule has 7 heteroatoms. The monoisotopic (exact) mass is 409 g/mol. The lowest BCUT2D eigenvalue weighted by atomic mass is 9.92. The Labute approximate surface area is 176 Å². The van der Waals surface area contributed by atoms with Crippen LogP contribution in [0.15, 0.2) is 47.8 Å². The van der Waals surface area contributed by atoms with Crippen LogP contribution in [0.25, 0.3) is 11.5 Å². The van der Waals surface area contributed by atoms with Gasteiger partial charge >= 0.3 is 0 Å². The number of pyridine rings is 1. The van der Waals surface area contributed by atoms with E-state index in [2.05, 4.69) is 66.4 Å². The number of benzene rings is 1. The molecule has 0 aliphatic carbocycles. The second-order valence-corrected chi connectivity index (χ2v) is 8.48. The quantitative estimate of drug-likeness (QED) is 0.565. The molecule has 6 nitrogen and oxygen atoms in total. The van der Waals surface area contributed by atoms with E-state index in [4.69, 9.17) is 0 Å². The van der Waals surface area contributed by atoms with Crippen LogP contribution in [0.3, 0.4) is 0 Å². The van der Waals surface area contributed by atoms with E-state index in [1.54, 1.807) is 6.20 Å². The molecule has 0 aliphatic heterocycles. The first-order valence-corrected chi connectivity index (χ1v) is 10.7. The molecule has 0 saturated carbocycles. The van der Waals surface area contributed by atoms with Gasteiger partial charge in [0.2, 0.25) is 5.91 Å². The fourth-order valence-electron chi connectivity index (χ4n) is 3.16. The van der Waals surface area contributed by atoms with Gasteiger partial charge in [-0.25, -0.2) is 0 Å². The van der Waals surface area contributed by atoms with Gasteiger partial charge in [-0.15, -0.1) is 10.2 Å². The van der Waals surface area contributed by atoms with Gasteiger partial charge in [-0.1, -0.05) is 63.7 Å². The number of nitrogens with one attached hydrogen (secondary N) is 1. The van der Waals surface area contributed by atoms with Crippen molar-refractivity contribution in [1.29, 1.82) is 0 Å². The molecule has 152 valence electrons. The van der Waals surface area contributed by atoms with Crippen LogP contribution in [-0.4, -0.2) is 31.4 Å². The predicted octanol–water partition coefficient (Wildman–Crippen LogP) is 4.85. The van der Waals surface area contributed by atoms with Crippen molar-refractivity contribution in [3.63, 3.8) is 0 Å². The van der Waals surface area contributed by atoms with Gasteiger partial charge in [-0.3, -0.25) is 9.78 Å². The van der Waals surface area contributed by atoms with Crippen molar-refractivity contribution in [3.05, 3.63) is 53.7 Å². The molecule has 1 N–H and O–H groups in total. The van der Waals surface area contributed by atoms with Gasteiger partial charge in [0.1, 0.15) is 5.69 Å². The molecule has 3 aromatic rings. The lowest BCUT2D eigenvalue weighted by Gasteiger charge is -2.20. The molecule has 0 radical (unpaired) electrons. The van der Waals surface area contributed by atoms with E-state index in [-0.39, 0.29) is 11.7 Å². The first-order valence-electron chi connectivity index (χ1n) is 9.74. The number of thioether (sulfide) groups is 1. The molecule has 0 bridgehead atoms. The molecular weight excluding hydrogens is 382 g/mol. The van der Waals surface area contributed by atoms with Crippen LogP contribution >= 0.6 is 11.8 Å². The van der Waals surface area contributed by atoms with Gasteiger partial charge in [0, 0.05) is 18.9 Å². The fourth-order valence-corrected chi connectivity index (χ4v) is 3.87. The molecule has 0 saturated heterocycles. The van der Waals surface area contributed by atoms with Gasteiger partial charge in [0.25, 0.3) is 0 Å². The van der Waals surface area contributed by atoms with Crippen LogP contribution in [0.4, 0.5) is 5.69 Å². The SMILES string of the molecule is CC(C)c1cccc(C(C)C)c1NC(=O)CSc1nnc(-c2ccccn2)n1C. The number of anilines is 1. The third-order valence-electron chi connectivity index (χ3n) is 4.70. The normalized spacial score (nSPS) is 11.3. The number of aromatic nitrogens is 4. The summed E-state index contributed by atoms with van der Waals surface area (Å²) >= 11 is 1.37. The number of hydrogen-bond donors (Lipinski definition) is 1. The molecule has 2 aromatic heterocycles. The summed E-state index contributed by atoms with van der Waals surface area (Å²) in [4.78, 5) is 17.0. The largest absolute Gasteiger partial charge is 0.325 e. The average Bonchev–Trinajstić information content (AvgIpc) is 3.07. The van der Waals surface area contributed by atoms with Gasteiger partial charge in [0.05, 0.1) is 5.75 Å². The molecule has 0 spiro atoms. The van der Waals surface area contributed by atoms with Crippen molar-refractivity contribution in [3.8, 4) is 11.5 Å². The number of amides is 1. The molecule has 0 fully saturated rings. The molecule has 0 atom stereocenters. The molecule has 0 aliphatic rings. The van der Waals surface area contributed by atoms with Crippen molar-refractivity contribution in [1.82, 2.24) is 19.7 Å². The number of carbonyl (C=O) groups excluding carboxylic acids is 1. The topological polar surface area (TPSA) is 72.7 Å². The van der Waals surface area contributed by atoms with E-state index >= 15 is 0 Å². The van der Waals surface area contributed by atoms with E-state index in [0.717, 1.165) is 22.5 Å². The number of nitrogens with zero attached hydrogens (tertiary/aromatic N) is 4. The van der Waals surface area contributed by atoms with E-state index in [1.165, 1.54) is 11.8 Å². The summed E-state index contributed by atoms with van der Waals surface area (Å²) < 4.78 is 1.86. The maximum atomic E-state index is 12.7. The Hall–Kier alpha value is -2.67. The number of carbonyl (C=O) groups is 1. The van der Waals surface area contributed by atoms with Gasteiger partial charge in [0.15, 0.2) is 11.0 Å². The summed E-state index contributed by atoms with van der Waals surface area (Å²) in [6, 6.07) is 11.9. The van der Waals surface area contributed by atoms with Crippen LogP contribution in [0.5, 0.6) is 0 Å². The Morgan fingerprint density at radius 3 is 2.31 bits per heavy atom. The molecule has 1 amide bonds. The van der Waals surface area contributed by atoms with Gasteiger partial charge < -0.3 is 9.88 Å². The fraction of sp³-hybridized carbons (Fsp3) is 0.364. The first kappa shape index (κ1) is 21.0. The maximum absolute atomic E-state index is 12.7. The van der Waals surface area contributed by atoms with Crippen LogP contribution < -0.4 is 5.32 Å². The predicted molar refractivity (Wildman–Crippen MR) is 118 cm³/mol. The summed E-state index contributed by atoms with van der Waals surface area (Å²) in [5.41, 5.74) is 4.01. The zero-order valence-corrected chi connectivity index (χ0v) is 18.3. The number of hydrogen-bond acceptors (Lipinski definition) is 5. The van der Waals surface area contributed by atoms with E-state index < -0.39 is 0 Å². The first-order chi connectivity index (χ1) is 13.9. The third-order valence-corrected chi connectivity index (χ3v) is 5.72. The maximum Gasteiger partial charge on any atom is 0.234 e. The Balaban J connectivity index is 1.73. The highest BCUT2D eigenvalue weighted by molar-refractivity contribution is 7.99. The minimum absolute atomic E-state index is 0.0487. The summed E-state index contributed by atoms with van der Waals surface area (Å²) in [5, 5.41) is 12.3. The molecule has 1 aromatic carbocycles. The summed E-state index contributed by atoms with van der Waals surface area (Å²) in [6.45, 7) is 8.57. The Kier molecular flexibility index (Phi) is 6.69. The summed E-state index contributed by atoms with van der Waals surface area (Å²) in [7, 11) is 1.88. The molecule has 0 unspecified atom stereocenters. The molecule has 3 rings (SSSR count). The molecular formula is C22H27N5OS. The molecule has 29 heavy (non-hydrogen) atoms. The number of para-hydroxylation sites is 1. The zero-order valence-electron chi connectivity index (χ0n) is 17.5. The summed E-state index contributed by atoms with van der Waals surface area (Å²) in [6.07, 6.45) is 1.72. The van der Waals surface area contributed by atoms with Crippen molar-refractivity contribution < 1.29 is 4.79 Å². The van der Waals surface area contributed by atoms with Crippen LogP contribution in [0.2, 0.25) is 0 Å². The highest BCUT2D eigenvalue weighted by Crippen LogP contribution is 2.32. The highest BCUT2D eigenvalue weighted by atomic mass is 32.2. The van der Waals surface area contributed by atoms with E-state index in [1.807, 2.05) is 29.8 Å².